The molecule has 2 heterocycles. The lowest BCUT2D eigenvalue weighted by Crippen LogP contribution is -2.31. The van der Waals surface area contributed by atoms with E-state index in [-0.39, 0.29) is 11.7 Å². The molecule has 7 heteroatoms. The summed E-state index contributed by atoms with van der Waals surface area (Å²) in [7, 11) is 0. The van der Waals surface area contributed by atoms with Crippen molar-refractivity contribution in [1.29, 1.82) is 0 Å². The molecule has 0 fully saturated rings. The predicted molar refractivity (Wildman–Crippen MR) is 116 cm³/mol. The zero-order valence-electron chi connectivity index (χ0n) is 17.2. The molecule has 0 radical (unpaired) electrons. The van der Waals surface area contributed by atoms with E-state index in [1.165, 1.54) is 11.8 Å². The molecule has 0 spiro atoms. The largest absolute Gasteiger partial charge is 0.460 e. The van der Waals surface area contributed by atoms with E-state index in [1.807, 2.05) is 51.1 Å². The number of aromatic amines is 1. The van der Waals surface area contributed by atoms with Gasteiger partial charge >= 0.3 is 5.97 Å². The molecule has 2 aromatic rings. The van der Waals surface area contributed by atoms with Crippen molar-refractivity contribution in [3.8, 4) is 0 Å². The molecule has 29 heavy (non-hydrogen) atoms. The van der Waals surface area contributed by atoms with Gasteiger partial charge in [0.25, 0.3) is 5.56 Å². The number of nitrogens with zero attached hydrogens (tertiary/aromatic N) is 1. The first-order valence-corrected chi connectivity index (χ1v) is 10.9. The van der Waals surface area contributed by atoms with Crippen molar-refractivity contribution in [3.05, 3.63) is 63.1 Å². The van der Waals surface area contributed by atoms with Crippen molar-refractivity contribution in [2.45, 2.75) is 57.7 Å². The standard InChI is InChI=1S/C22H27N3O3S/c1-5-6-12-29-22-24-19-18(20(26)25-22)17(15-10-8-7-9-11-15)16(14(4)23-19)21(27)28-13(2)3/h7-11,13,17H,5-6,12H2,1-4H3,(H2,23,24,25,26)/t17-/m0/s1. The van der Waals surface area contributed by atoms with Gasteiger partial charge in [0, 0.05) is 11.4 Å². The predicted octanol–water partition coefficient (Wildman–Crippen LogP) is 4.45. The van der Waals surface area contributed by atoms with Crippen LogP contribution in [0.25, 0.3) is 0 Å². The molecular weight excluding hydrogens is 386 g/mol. The van der Waals surface area contributed by atoms with Gasteiger partial charge in [0.2, 0.25) is 0 Å². The number of anilines is 1. The van der Waals surface area contributed by atoms with E-state index < -0.39 is 11.9 Å². The fraction of sp³-hybridized carbons (Fsp3) is 0.409. The lowest BCUT2D eigenvalue weighted by molar-refractivity contribution is -0.143. The first kappa shape index (κ1) is 21.2. The molecule has 0 bridgehead atoms. The third-order valence-electron chi connectivity index (χ3n) is 4.65. The summed E-state index contributed by atoms with van der Waals surface area (Å²) in [5.41, 5.74) is 2.15. The minimum absolute atomic E-state index is 0.238. The van der Waals surface area contributed by atoms with E-state index in [1.54, 1.807) is 0 Å². The number of esters is 1. The maximum Gasteiger partial charge on any atom is 0.337 e. The zero-order chi connectivity index (χ0) is 21.0. The molecule has 0 saturated heterocycles. The highest BCUT2D eigenvalue weighted by Gasteiger charge is 2.36. The van der Waals surface area contributed by atoms with Crippen LogP contribution < -0.4 is 10.9 Å². The fourth-order valence-electron chi connectivity index (χ4n) is 3.34. The molecule has 1 aromatic carbocycles. The molecule has 1 aliphatic heterocycles. The molecular formula is C22H27N3O3S. The number of hydrogen-bond acceptors (Lipinski definition) is 6. The van der Waals surface area contributed by atoms with Crippen LogP contribution in [0, 0.1) is 0 Å². The highest BCUT2D eigenvalue weighted by molar-refractivity contribution is 7.99. The Labute approximate surface area is 175 Å². The topological polar surface area (TPSA) is 84.1 Å². The Hall–Kier alpha value is -2.54. The van der Waals surface area contributed by atoms with Crippen LogP contribution in [0.2, 0.25) is 0 Å². The number of allylic oxidation sites excluding steroid dienone is 1. The molecule has 0 unspecified atom stereocenters. The lowest BCUT2D eigenvalue weighted by Gasteiger charge is -2.29. The van der Waals surface area contributed by atoms with Crippen molar-refractivity contribution < 1.29 is 9.53 Å². The number of thioether (sulfide) groups is 1. The van der Waals surface area contributed by atoms with E-state index in [9.17, 15) is 9.59 Å². The second-order valence-corrected chi connectivity index (χ2v) is 8.38. The number of fused-ring (bicyclic) bond motifs is 1. The number of nitrogens with one attached hydrogen (secondary N) is 2. The van der Waals surface area contributed by atoms with Gasteiger partial charge in [-0.15, -0.1) is 0 Å². The molecule has 1 aromatic heterocycles. The third-order valence-corrected chi connectivity index (χ3v) is 5.61. The number of H-pyrrole nitrogens is 1. The normalized spacial score (nSPS) is 15.8. The van der Waals surface area contributed by atoms with E-state index in [0.29, 0.717) is 27.8 Å². The number of unbranched alkanes of at least 4 members (excludes halogenated alkanes) is 1. The number of aromatic nitrogens is 2. The first-order chi connectivity index (χ1) is 13.9. The van der Waals surface area contributed by atoms with E-state index in [4.69, 9.17) is 4.74 Å². The maximum absolute atomic E-state index is 13.1. The van der Waals surface area contributed by atoms with E-state index in [0.717, 1.165) is 24.2 Å². The van der Waals surface area contributed by atoms with Crippen LogP contribution in [-0.2, 0) is 9.53 Å². The van der Waals surface area contributed by atoms with Crippen molar-refractivity contribution in [1.82, 2.24) is 9.97 Å². The molecule has 2 N–H and O–H groups in total. The van der Waals surface area contributed by atoms with Gasteiger partial charge in [0.05, 0.1) is 23.2 Å². The Kier molecular flexibility index (Phi) is 6.79. The van der Waals surface area contributed by atoms with Gasteiger partial charge in [0.1, 0.15) is 5.82 Å². The quantitative estimate of drug-likeness (QED) is 0.302. The smallest absolute Gasteiger partial charge is 0.337 e. The first-order valence-electron chi connectivity index (χ1n) is 9.93. The number of carbonyl (C=O) groups excluding carboxylic acids is 1. The van der Waals surface area contributed by atoms with Gasteiger partial charge in [0.15, 0.2) is 5.16 Å². The molecule has 154 valence electrons. The van der Waals surface area contributed by atoms with Gasteiger partial charge in [-0.3, -0.25) is 4.79 Å². The monoisotopic (exact) mass is 413 g/mol. The van der Waals surface area contributed by atoms with Crippen molar-refractivity contribution in [3.63, 3.8) is 0 Å². The number of benzene rings is 1. The summed E-state index contributed by atoms with van der Waals surface area (Å²) in [6, 6.07) is 9.53. The average molecular weight is 414 g/mol. The highest BCUT2D eigenvalue weighted by atomic mass is 32.2. The number of rotatable bonds is 7. The van der Waals surface area contributed by atoms with Crippen LogP contribution in [0.3, 0.4) is 0 Å². The Morgan fingerprint density at radius 3 is 2.66 bits per heavy atom. The number of carbonyl (C=O) groups is 1. The summed E-state index contributed by atoms with van der Waals surface area (Å²) in [6.07, 6.45) is 1.88. The fourth-order valence-corrected chi connectivity index (χ4v) is 4.29. The van der Waals surface area contributed by atoms with Gasteiger partial charge in [-0.25, -0.2) is 9.78 Å². The van der Waals surface area contributed by atoms with Crippen molar-refractivity contribution in [2.75, 3.05) is 11.1 Å². The Morgan fingerprint density at radius 2 is 2.00 bits per heavy atom. The minimum Gasteiger partial charge on any atom is -0.460 e. The van der Waals surface area contributed by atoms with Crippen LogP contribution in [0.5, 0.6) is 0 Å². The van der Waals surface area contributed by atoms with Crippen LogP contribution >= 0.6 is 11.8 Å². The van der Waals surface area contributed by atoms with Crippen LogP contribution in [0.4, 0.5) is 5.82 Å². The highest BCUT2D eigenvalue weighted by Crippen LogP contribution is 2.40. The molecule has 0 amide bonds. The van der Waals surface area contributed by atoms with Gasteiger partial charge in [-0.05, 0) is 32.8 Å². The van der Waals surface area contributed by atoms with E-state index in [2.05, 4.69) is 22.2 Å². The second-order valence-electron chi connectivity index (χ2n) is 7.30. The van der Waals surface area contributed by atoms with Gasteiger partial charge in [-0.1, -0.05) is 55.4 Å². The maximum atomic E-state index is 13.1. The molecule has 0 saturated carbocycles. The summed E-state index contributed by atoms with van der Waals surface area (Å²) in [6.45, 7) is 7.57. The minimum atomic E-state index is -0.537. The SMILES string of the molecule is CCCCSc1nc2c(c(=O)[nH]1)[C@@H](c1ccccc1)C(C(=O)OC(C)C)=C(C)N2. The molecule has 1 aliphatic rings. The lowest BCUT2D eigenvalue weighted by atomic mass is 9.82. The van der Waals surface area contributed by atoms with Gasteiger partial charge in [-0.2, -0.15) is 0 Å². The van der Waals surface area contributed by atoms with E-state index >= 15 is 0 Å². The number of ether oxygens (including phenoxy) is 1. The van der Waals surface area contributed by atoms with Crippen LogP contribution in [-0.4, -0.2) is 27.8 Å². The summed E-state index contributed by atoms with van der Waals surface area (Å²) < 4.78 is 5.48. The van der Waals surface area contributed by atoms with Gasteiger partial charge < -0.3 is 15.0 Å². The Morgan fingerprint density at radius 1 is 1.28 bits per heavy atom. The Balaban J connectivity index is 2.11. The van der Waals surface area contributed by atoms with Crippen molar-refractivity contribution in [2.24, 2.45) is 0 Å². The van der Waals surface area contributed by atoms with Crippen LogP contribution in [0.1, 0.15) is 57.6 Å². The Bertz CT molecular complexity index is 967. The summed E-state index contributed by atoms with van der Waals surface area (Å²) >= 11 is 1.53. The summed E-state index contributed by atoms with van der Waals surface area (Å²) in [4.78, 5) is 33.5. The summed E-state index contributed by atoms with van der Waals surface area (Å²) in [5.74, 6) is 0.427. The molecule has 6 nitrogen and oxygen atoms in total. The van der Waals surface area contributed by atoms with Crippen molar-refractivity contribution >= 4 is 23.5 Å². The van der Waals surface area contributed by atoms with Crippen LogP contribution in [0.15, 0.2) is 51.6 Å². The summed E-state index contributed by atoms with van der Waals surface area (Å²) in [5, 5.41) is 3.76. The molecule has 0 aliphatic carbocycles. The molecule has 3 rings (SSSR count). The molecule has 1 atom stereocenters. The zero-order valence-corrected chi connectivity index (χ0v) is 18.1. The second kappa shape index (κ2) is 9.31. The number of hydrogen-bond donors (Lipinski definition) is 2. The average Bonchev–Trinajstić information content (AvgIpc) is 2.67. The third kappa shape index (κ3) is 4.72.